The Kier molecular flexibility index (Phi) is 3.83. The largest absolute Gasteiger partial charge is 0.392 e. The molecule has 1 aromatic heterocycles. The van der Waals surface area contributed by atoms with Crippen molar-refractivity contribution in [2.45, 2.75) is 13.2 Å². The van der Waals surface area contributed by atoms with Crippen molar-refractivity contribution in [3.05, 3.63) is 69.3 Å². The first kappa shape index (κ1) is 13.7. The van der Waals surface area contributed by atoms with E-state index in [9.17, 15) is 5.11 Å². The number of fused-ring (bicyclic) bond motifs is 1. The fourth-order valence-electron chi connectivity index (χ4n) is 2.43. The van der Waals surface area contributed by atoms with Crippen LogP contribution in [0.5, 0.6) is 0 Å². The van der Waals surface area contributed by atoms with Crippen molar-refractivity contribution in [1.29, 1.82) is 0 Å². The Morgan fingerprint density at radius 2 is 1.95 bits per heavy atom. The maximum Gasteiger partial charge on any atom is 0.0702 e. The molecule has 0 fully saturated rings. The number of aliphatic hydroxyl groups excluding tert-OH is 1. The average molecular weight is 351 g/mol. The number of benzene rings is 2. The molecule has 0 radical (unpaired) electrons. The van der Waals surface area contributed by atoms with E-state index in [1.54, 1.807) is 0 Å². The number of hydrogen-bond donors (Lipinski definition) is 1. The van der Waals surface area contributed by atoms with Crippen LogP contribution in [0.15, 0.2) is 53.1 Å². The van der Waals surface area contributed by atoms with Crippen LogP contribution >= 0.6 is 27.5 Å². The second kappa shape index (κ2) is 5.60. The van der Waals surface area contributed by atoms with Gasteiger partial charge < -0.3 is 9.67 Å². The predicted octanol–water partition coefficient (Wildman–Crippen LogP) is 4.60. The highest BCUT2D eigenvalue weighted by Crippen LogP contribution is 2.25. The third kappa shape index (κ3) is 2.49. The van der Waals surface area contributed by atoms with E-state index < -0.39 is 0 Å². The topological polar surface area (TPSA) is 25.2 Å². The van der Waals surface area contributed by atoms with Gasteiger partial charge in [-0.25, -0.2) is 0 Å². The first-order chi connectivity index (χ1) is 9.69. The second-order valence-electron chi connectivity index (χ2n) is 4.69. The second-order valence-corrected chi connectivity index (χ2v) is 6.02. The lowest BCUT2D eigenvalue weighted by Crippen LogP contribution is -2.01. The Balaban J connectivity index is 2.06. The van der Waals surface area contributed by atoms with E-state index in [2.05, 4.69) is 26.6 Å². The lowest BCUT2D eigenvalue weighted by molar-refractivity contribution is 0.283. The van der Waals surface area contributed by atoms with Crippen LogP contribution in [0, 0.1) is 0 Å². The zero-order valence-corrected chi connectivity index (χ0v) is 13.0. The maximum atomic E-state index is 9.49. The number of aromatic nitrogens is 1. The molecule has 0 unspecified atom stereocenters. The van der Waals surface area contributed by atoms with Crippen molar-refractivity contribution in [3.8, 4) is 0 Å². The molecule has 0 atom stereocenters. The molecule has 2 nitrogen and oxygen atoms in total. The fourth-order valence-corrected chi connectivity index (χ4v) is 3.17. The minimum atomic E-state index is 0.0371. The van der Waals surface area contributed by atoms with Crippen molar-refractivity contribution in [3.63, 3.8) is 0 Å². The number of halogens is 2. The zero-order chi connectivity index (χ0) is 14.1. The Hall–Kier alpha value is -1.29. The quantitative estimate of drug-likeness (QED) is 0.734. The summed E-state index contributed by atoms with van der Waals surface area (Å²) in [7, 11) is 0. The van der Waals surface area contributed by atoms with Crippen LogP contribution < -0.4 is 0 Å². The van der Waals surface area contributed by atoms with Gasteiger partial charge in [-0.2, -0.15) is 0 Å². The van der Waals surface area contributed by atoms with Crippen LogP contribution in [-0.2, 0) is 13.2 Å². The van der Waals surface area contributed by atoms with E-state index in [1.807, 2.05) is 42.6 Å². The number of aliphatic hydroxyl groups is 1. The molecule has 0 saturated carbocycles. The van der Waals surface area contributed by atoms with Gasteiger partial charge in [0.25, 0.3) is 0 Å². The SMILES string of the molecule is OCc1cccc2ccn(Cc3ccc(Br)cc3Cl)c12. The summed E-state index contributed by atoms with van der Waals surface area (Å²) >= 11 is 9.69. The number of para-hydroxylation sites is 1. The minimum Gasteiger partial charge on any atom is -0.392 e. The highest BCUT2D eigenvalue weighted by Gasteiger charge is 2.08. The van der Waals surface area contributed by atoms with Crippen molar-refractivity contribution < 1.29 is 5.11 Å². The molecule has 0 spiro atoms. The Labute approximate surface area is 130 Å². The zero-order valence-electron chi connectivity index (χ0n) is 10.7. The number of rotatable bonds is 3. The molecule has 0 saturated heterocycles. The summed E-state index contributed by atoms with van der Waals surface area (Å²) in [5.74, 6) is 0. The van der Waals surface area contributed by atoms with Gasteiger partial charge in [0.05, 0.1) is 12.1 Å². The molecule has 102 valence electrons. The maximum absolute atomic E-state index is 9.49. The molecule has 0 aliphatic carbocycles. The molecule has 0 bridgehead atoms. The summed E-state index contributed by atoms with van der Waals surface area (Å²) in [5.41, 5.74) is 3.05. The van der Waals surface area contributed by atoms with Gasteiger partial charge in [0.2, 0.25) is 0 Å². The summed E-state index contributed by atoms with van der Waals surface area (Å²) < 4.78 is 3.09. The highest BCUT2D eigenvalue weighted by molar-refractivity contribution is 9.10. The molecule has 20 heavy (non-hydrogen) atoms. The van der Waals surface area contributed by atoms with Gasteiger partial charge in [-0.05, 0) is 29.1 Å². The molecule has 1 heterocycles. The van der Waals surface area contributed by atoms with Crippen molar-refractivity contribution >= 4 is 38.4 Å². The molecule has 3 aromatic rings. The highest BCUT2D eigenvalue weighted by atomic mass is 79.9. The van der Waals surface area contributed by atoms with Gasteiger partial charge in [-0.3, -0.25) is 0 Å². The predicted molar refractivity (Wildman–Crippen MR) is 86.1 cm³/mol. The fraction of sp³-hybridized carbons (Fsp3) is 0.125. The third-order valence-corrected chi connectivity index (χ3v) is 4.24. The molecular formula is C16H13BrClNO. The van der Waals surface area contributed by atoms with Gasteiger partial charge in [0.15, 0.2) is 0 Å². The first-order valence-corrected chi connectivity index (χ1v) is 7.47. The lowest BCUT2D eigenvalue weighted by atomic mass is 10.1. The molecule has 0 amide bonds. The number of hydrogen-bond acceptors (Lipinski definition) is 1. The minimum absolute atomic E-state index is 0.0371. The molecule has 4 heteroatoms. The van der Waals surface area contributed by atoms with Crippen molar-refractivity contribution in [1.82, 2.24) is 4.57 Å². The number of nitrogens with zero attached hydrogens (tertiary/aromatic N) is 1. The van der Waals surface area contributed by atoms with E-state index in [1.165, 1.54) is 0 Å². The smallest absolute Gasteiger partial charge is 0.0702 e. The lowest BCUT2D eigenvalue weighted by Gasteiger charge is -2.10. The van der Waals surface area contributed by atoms with Crippen molar-refractivity contribution in [2.75, 3.05) is 0 Å². The van der Waals surface area contributed by atoms with Gasteiger partial charge >= 0.3 is 0 Å². The average Bonchev–Trinajstić information content (AvgIpc) is 2.85. The third-order valence-electron chi connectivity index (χ3n) is 3.40. The van der Waals surface area contributed by atoms with E-state index in [0.29, 0.717) is 6.54 Å². The summed E-state index contributed by atoms with van der Waals surface area (Å²) in [5, 5.41) is 11.4. The molecule has 1 N–H and O–H groups in total. The van der Waals surface area contributed by atoms with Gasteiger partial charge in [-0.15, -0.1) is 0 Å². The monoisotopic (exact) mass is 349 g/mol. The summed E-state index contributed by atoms with van der Waals surface area (Å²) in [6, 6.07) is 13.9. The van der Waals surface area contributed by atoms with E-state index >= 15 is 0 Å². The van der Waals surface area contributed by atoms with Gasteiger partial charge in [0.1, 0.15) is 0 Å². The first-order valence-electron chi connectivity index (χ1n) is 6.30. The molecule has 2 aromatic carbocycles. The van der Waals surface area contributed by atoms with Crippen LogP contribution in [0.3, 0.4) is 0 Å². The molecule has 3 rings (SSSR count). The Morgan fingerprint density at radius 3 is 2.70 bits per heavy atom. The Bertz CT molecular complexity index is 766. The molecule has 0 aliphatic heterocycles. The Morgan fingerprint density at radius 1 is 1.10 bits per heavy atom. The van der Waals surface area contributed by atoms with Gasteiger partial charge in [0, 0.05) is 27.8 Å². The van der Waals surface area contributed by atoms with E-state index in [-0.39, 0.29) is 6.61 Å². The summed E-state index contributed by atoms with van der Waals surface area (Å²) in [6.07, 6.45) is 2.03. The van der Waals surface area contributed by atoms with Crippen LogP contribution in [0.25, 0.3) is 10.9 Å². The van der Waals surface area contributed by atoms with Crippen molar-refractivity contribution in [2.24, 2.45) is 0 Å². The summed E-state index contributed by atoms with van der Waals surface area (Å²) in [4.78, 5) is 0. The summed E-state index contributed by atoms with van der Waals surface area (Å²) in [6.45, 7) is 0.724. The van der Waals surface area contributed by atoms with E-state index in [0.717, 1.165) is 31.5 Å². The van der Waals surface area contributed by atoms with Crippen LogP contribution in [-0.4, -0.2) is 9.67 Å². The standard InChI is InChI=1S/C16H13BrClNO/c17-14-5-4-12(15(18)8-14)9-19-7-6-11-2-1-3-13(10-20)16(11)19/h1-8,20H,9-10H2. The van der Waals surface area contributed by atoms with Crippen LogP contribution in [0.1, 0.15) is 11.1 Å². The normalized spacial score (nSPS) is 11.2. The molecular weight excluding hydrogens is 338 g/mol. The van der Waals surface area contributed by atoms with Gasteiger partial charge in [-0.1, -0.05) is 51.8 Å². The molecule has 0 aliphatic rings. The van der Waals surface area contributed by atoms with Crippen LogP contribution in [0.2, 0.25) is 5.02 Å². The van der Waals surface area contributed by atoms with Crippen LogP contribution in [0.4, 0.5) is 0 Å². The van der Waals surface area contributed by atoms with E-state index in [4.69, 9.17) is 11.6 Å².